The molecule has 0 spiro atoms. The number of fused-ring (bicyclic) bond motifs is 1. The third kappa shape index (κ3) is 2.05. The van der Waals surface area contributed by atoms with Gasteiger partial charge in [-0.3, -0.25) is 0 Å². The van der Waals surface area contributed by atoms with Crippen LogP contribution in [0.5, 0.6) is 0 Å². The van der Waals surface area contributed by atoms with Crippen LogP contribution < -0.4 is 0 Å². The van der Waals surface area contributed by atoms with Gasteiger partial charge in [0.25, 0.3) is 0 Å². The molecule has 0 atom stereocenters. The normalized spacial score (nSPS) is 10.9. The number of carboxylic acid groups (broad SMARTS) is 1. The predicted octanol–water partition coefficient (Wildman–Crippen LogP) is 3.38. The van der Waals surface area contributed by atoms with Crippen LogP contribution in [0.1, 0.15) is 41.8 Å². The van der Waals surface area contributed by atoms with E-state index in [1.54, 1.807) is 6.07 Å². The number of H-pyrrole nitrogens is 1. The molecule has 0 unspecified atom stereocenters. The smallest absolute Gasteiger partial charge is 0.337 e. The van der Waals surface area contributed by atoms with Crippen LogP contribution in [0.15, 0.2) is 18.3 Å². The fourth-order valence-corrected chi connectivity index (χ4v) is 2.20. The van der Waals surface area contributed by atoms with Gasteiger partial charge in [-0.2, -0.15) is 0 Å². The van der Waals surface area contributed by atoms with Gasteiger partial charge in [0.15, 0.2) is 0 Å². The maximum Gasteiger partial charge on any atom is 0.337 e. The molecule has 0 saturated carbocycles. The first-order valence-corrected chi connectivity index (χ1v) is 6.03. The Morgan fingerprint density at radius 2 is 2.12 bits per heavy atom. The molecular weight excluding hydrogens is 214 g/mol. The summed E-state index contributed by atoms with van der Waals surface area (Å²) in [7, 11) is 0. The molecule has 1 aromatic carbocycles. The first-order valence-electron chi connectivity index (χ1n) is 6.03. The highest BCUT2D eigenvalue weighted by atomic mass is 16.4. The summed E-state index contributed by atoms with van der Waals surface area (Å²) in [5.74, 6) is -0.866. The van der Waals surface area contributed by atoms with E-state index < -0.39 is 5.97 Å². The zero-order valence-electron chi connectivity index (χ0n) is 10.2. The molecule has 1 aromatic heterocycles. The molecule has 90 valence electrons. The lowest BCUT2D eigenvalue weighted by Crippen LogP contribution is -1.99. The topological polar surface area (TPSA) is 53.1 Å². The zero-order valence-corrected chi connectivity index (χ0v) is 10.2. The highest BCUT2D eigenvalue weighted by Crippen LogP contribution is 2.25. The molecule has 3 nitrogen and oxygen atoms in total. The highest BCUT2D eigenvalue weighted by molar-refractivity contribution is 6.03. The standard InChI is InChI=1S/C14H17NO2/c1-3-5-10-8-15-13-11(10)6-9(4-2)7-12(13)14(16)17/h6-8,15H,3-5H2,1-2H3,(H,16,17). The van der Waals surface area contributed by atoms with Crippen molar-refractivity contribution in [3.05, 3.63) is 35.0 Å². The summed E-state index contributed by atoms with van der Waals surface area (Å²) in [5.41, 5.74) is 3.41. The summed E-state index contributed by atoms with van der Waals surface area (Å²) >= 11 is 0. The molecule has 2 N–H and O–H groups in total. The van der Waals surface area contributed by atoms with Crippen molar-refractivity contribution in [1.29, 1.82) is 0 Å². The molecule has 0 fully saturated rings. The monoisotopic (exact) mass is 231 g/mol. The van der Waals surface area contributed by atoms with Gasteiger partial charge in [-0.1, -0.05) is 20.3 Å². The lowest BCUT2D eigenvalue weighted by Gasteiger charge is -2.04. The molecule has 0 amide bonds. The molecule has 0 bridgehead atoms. The van der Waals surface area contributed by atoms with Crippen molar-refractivity contribution in [3.8, 4) is 0 Å². The predicted molar refractivity (Wildman–Crippen MR) is 68.6 cm³/mol. The van der Waals surface area contributed by atoms with Gasteiger partial charge in [0.2, 0.25) is 0 Å². The van der Waals surface area contributed by atoms with Gasteiger partial charge >= 0.3 is 5.97 Å². The van der Waals surface area contributed by atoms with Crippen LogP contribution in [0.4, 0.5) is 0 Å². The minimum Gasteiger partial charge on any atom is -0.478 e. The van der Waals surface area contributed by atoms with E-state index in [0.717, 1.165) is 35.7 Å². The fourth-order valence-electron chi connectivity index (χ4n) is 2.20. The Morgan fingerprint density at radius 3 is 2.71 bits per heavy atom. The SMILES string of the molecule is CCCc1c[nH]c2c(C(=O)O)cc(CC)cc12. The molecule has 2 aromatic rings. The Kier molecular flexibility index (Phi) is 3.18. The quantitative estimate of drug-likeness (QED) is 0.847. The third-order valence-corrected chi connectivity index (χ3v) is 3.09. The molecule has 1 heterocycles. The largest absolute Gasteiger partial charge is 0.478 e. The average Bonchev–Trinajstić information content (AvgIpc) is 2.71. The molecule has 0 radical (unpaired) electrons. The van der Waals surface area contributed by atoms with Crippen LogP contribution in [0, 0.1) is 0 Å². The van der Waals surface area contributed by atoms with E-state index in [1.165, 1.54) is 5.56 Å². The molecule has 2 rings (SSSR count). The number of benzene rings is 1. The summed E-state index contributed by atoms with van der Waals surface area (Å²) < 4.78 is 0. The van der Waals surface area contributed by atoms with Crippen molar-refractivity contribution < 1.29 is 9.90 Å². The number of aromatic carboxylic acids is 1. The van der Waals surface area contributed by atoms with Crippen molar-refractivity contribution >= 4 is 16.9 Å². The van der Waals surface area contributed by atoms with Gasteiger partial charge < -0.3 is 10.1 Å². The van der Waals surface area contributed by atoms with E-state index in [1.807, 2.05) is 13.1 Å². The number of hydrogen-bond donors (Lipinski definition) is 2. The molecule has 0 saturated heterocycles. The summed E-state index contributed by atoms with van der Waals surface area (Å²) in [5, 5.41) is 10.3. The van der Waals surface area contributed by atoms with Crippen molar-refractivity contribution in [2.75, 3.05) is 0 Å². The number of hydrogen-bond acceptors (Lipinski definition) is 1. The molecule has 17 heavy (non-hydrogen) atoms. The summed E-state index contributed by atoms with van der Waals surface area (Å²) in [6.45, 7) is 4.17. The van der Waals surface area contributed by atoms with Crippen molar-refractivity contribution in [1.82, 2.24) is 4.98 Å². The van der Waals surface area contributed by atoms with Crippen LogP contribution >= 0.6 is 0 Å². The van der Waals surface area contributed by atoms with Crippen LogP contribution in [0.25, 0.3) is 10.9 Å². The van der Waals surface area contributed by atoms with Crippen molar-refractivity contribution in [2.24, 2.45) is 0 Å². The van der Waals surface area contributed by atoms with Crippen LogP contribution in [0.3, 0.4) is 0 Å². The van der Waals surface area contributed by atoms with E-state index >= 15 is 0 Å². The zero-order chi connectivity index (χ0) is 12.4. The number of aryl methyl sites for hydroxylation is 2. The van der Waals surface area contributed by atoms with Crippen LogP contribution in [0.2, 0.25) is 0 Å². The molecular formula is C14H17NO2. The Balaban J connectivity index is 2.69. The van der Waals surface area contributed by atoms with Gasteiger partial charge in [-0.05, 0) is 36.1 Å². The van der Waals surface area contributed by atoms with Gasteiger partial charge in [-0.25, -0.2) is 4.79 Å². The molecule has 0 aliphatic heterocycles. The van der Waals surface area contributed by atoms with Gasteiger partial charge in [0, 0.05) is 11.6 Å². The Bertz CT molecular complexity index is 555. The Hall–Kier alpha value is -1.77. The second-order valence-electron chi connectivity index (χ2n) is 4.29. The maximum atomic E-state index is 11.2. The van der Waals surface area contributed by atoms with E-state index in [0.29, 0.717) is 5.56 Å². The lowest BCUT2D eigenvalue weighted by molar-refractivity contribution is 0.0698. The molecule has 0 aliphatic rings. The first kappa shape index (κ1) is 11.7. The molecule has 3 heteroatoms. The number of rotatable bonds is 4. The average molecular weight is 231 g/mol. The van der Waals surface area contributed by atoms with Crippen molar-refractivity contribution in [3.63, 3.8) is 0 Å². The molecule has 0 aliphatic carbocycles. The summed E-state index contributed by atoms with van der Waals surface area (Å²) in [6, 6.07) is 3.86. The van der Waals surface area contributed by atoms with Gasteiger partial charge in [-0.15, -0.1) is 0 Å². The third-order valence-electron chi connectivity index (χ3n) is 3.09. The Morgan fingerprint density at radius 1 is 1.35 bits per heavy atom. The number of carbonyl (C=O) groups is 1. The number of aromatic amines is 1. The lowest BCUT2D eigenvalue weighted by atomic mass is 10.0. The number of aromatic nitrogens is 1. The maximum absolute atomic E-state index is 11.2. The minimum atomic E-state index is -0.866. The number of nitrogens with one attached hydrogen (secondary N) is 1. The van der Waals surface area contributed by atoms with Crippen LogP contribution in [-0.4, -0.2) is 16.1 Å². The van der Waals surface area contributed by atoms with Crippen LogP contribution in [-0.2, 0) is 12.8 Å². The summed E-state index contributed by atoms with van der Waals surface area (Å²) in [4.78, 5) is 14.3. The Labute approximate surface area is 100 Å². The van der Waals surface area contributed by atoms with E-state index in [2.05, 4.69) is 18.0 Å². The van der Waals surface area contributed by atoms with Crippen molar-refractivity contribution in [2.45, 2.75) is 33.1 Å². The fraction of sp³-hybridized carbons (Fsp3) is 0.357. The second kappa shape index (κ2) is 4.62. The second-order valence-corrected chi connectivity index (χ2v) is 4.29. The van der Waals surface area contributed by atoms with E-state index in [4.69, 9.17) is 0 Å². The van der Waals surface area contributed by atoms with E-state index in [9.17, 15) is 9.90 Å². The minimum absolute atomic E-state index is 0.377. The van der Waals surface area contributed by atoms with Gasteiger partial charge in [0.1, 0.15) is 0 Å². The van der Waals surface area contributed by atoms with E-state index in [-0.39, 0.29) is 0 Å². The highest BCUT2D eigenvalue weighted by Gasteiger charge is 2.13. The number of carboxylic acids is 1. The first-order chi connectivity index (χ1) is 8.17. The van der Waals surface area contributed by atoms with Gasteiger partial charge in [0.05, 0.1) is 11.1 Å². The summed E-state index contributed by atoms with van der Waals surface area (Å²) in [6.07, 6.45) is 4.82.